The van der Waals surface area contributed by atoms with Crippen LogP contribution in [0, 0.1) is 0 Å². The number of nitrogens with zero attached hydrogens (tertiary/aromatic N) is 1. The number of hydrogen-bond acceptors (Lipinski definition) is 4. The highest BCUT2D eigenvalue weighted by Crippen LogP contribution is 2.32. The first-order chi connectivity index (χ1) is 9.26. The molecule has 1 saturated carbocycles. The molecule has 0 amide bonds. The summed E-state index contributed by atoms with van der Waals surface area (Å²) in [4.78, 5) is -0.0740. The minimum atomic E-state index is -3.85. The lowest BCUT2D eigenvalue weighted by molar-refractivity contribution is 0.436. The Labute approximate surface area is 123 Å². The lowest BCUT2D eigenvalue weighted by atomic mass is 10.4. The van der Waals surface area contributed by atoms with E-state index < -0.39 is 19.1 Å². The van der Waals surface area contributed by atoms with Crippen LogP contribution in [-0.4, -0.2) is 33.7 Å². The van der Waals surface area contributed by atoms with Gasteiger partial charge >= 0.3 is 0 Å². The third-order valence-electron chi connectivity index (χ3n) is 2.98. The van der Waals surface area contributed by atoms with Crippen LogP contribution < -0.4 is 0 Å². The van der Waals surface area contributed by atoms with E-state index in [2.05, 4.69) is 6.58 Å². The summed E-state index contributed by atoms with van der Waals surface area (Å²) < 4.78 is 48.6. The van der Waals surface area contributed by atoms with Gasteiger partial charge in [-0.2, -0.15) is 4.31 Å². The molecule has 0 spiro atoms. The quantitative estimate of drug-likeness (QED) is 0.588. The lowest BCUT2D eigenvalue weighted by Crippen LogP contribution is -2.33. The van der Waals surface area contributed by atoms with Gasteiger partial charge in [0.1, 0.15) is 0 Å². The first-order valence-electron chi connectivity index (χ1n) is 5.94. The maximum atomic E-state index is 12.5. The molecule has 0 radical (unpaired) electrons. The number of hydrogen-bond donors (Lipinski definition) is 0. The van der Waals surface area contributed by atoms with Crippen LogP contribution in [0.2, 0.25) is 0 Å². The highest BCUT2D eigenvalue weighted by Gasteiger charge is 2.37. The Balaban J connectivity index is 2.36. The molecule has 0 aromatic heterocycles. The summed E-state index contributed by atoms with van der Waals surface area (Å²) in [6.07, 6.45) is 3.20. The number of halogens is 1. The molecule has 1 aliphatic carbocycles. The molecule has 20 heavy (non-hydrogen) atoms. The summed E-state index contributed by atoms with van der Waals surface area (Å²) in [7, 11) is -2.29. The predicted octanol–water partition coefficient (Wildman–Crippen LogP) is 1.95. The molecular formula is C12H14ClNO4S2. The molecule has 0 N–H and O–H groups in total. The number of benzene rings is 1. The average molecular weight is 336 g/mol. The van der Waals surface area contributed by atoms with Crippen molar-refractivity contribution in [3.05, 3.63) is 36.9 Å². The smallest absolute Gasteiger partial charge is 0.207 e. The van der Waals surface area contributed by atoms with E-state index in [-0.39, 0.29) is 22.4 Å². The van der Waals surface area contributed by atoms with Gasteiger partial charge in [0, 0.05) is 23.3 Å². The van der Waals surface area contributed by atoms with Crippen molar-refractivity contribution in [1.82, 2.24) is 4.31 Å². The summed E-state index contributed by atoms with van der Waals surface area (Å²) in [5.74, 6) is 0. The van der Waals surface area contributed by atoms with Crippen LogP contribution in [0.15, 0.2) is 46.7 Å². The first kappa shape index (κ1) is 15.5. The van der Waals surface area contributed by atoms with Crippen LogP contribution in [0.5, 0.6) is 0 Å². The van der Waals surface area contributed by atoms with E-state index in [1.54, 1.807) is 0 Å². The SMILES string of the molecule is C=CCN(C1CC1)S(=O)(=O)c1ccc(S(=O)(=O)Cl)cc1. The van der Waals surface area contributed by atoms with Crippen LogP contribution >= 0.6 is 10.7 Å². The fourth-order valence-electron chi connectivity index (χ4n) is 1.84. The average Bonchev–Trinajstić information content (AvgIpc) is 3.19. The fourth-order valence-corrected chi connectivity index (χ4v) is 4.27. The minimum Gasteiger partial charge on any atom is -0.207 e. The van der Waals surface area contributed by atoms with E-state index in [1.807, 2.05) is 0 Å². The van der Waals surface area contributed by atoms with Crippen molar-refractivity contribution in [2.45, 2.75) is 28.7 Å². The third kappa shape index (κ3) is 3.22. The van der Waals surface area contributed by atoms with Gasteiger partial charge in [0.25, 0.3) is 9.05 Å². The summed E-state index contributed by atoms with van der Waals surface area (Å²) in [6.45, 7) is 3.80. The first-order valence-corrected chi connectivity index (χ1v) is 9.69. The zero-order valence-electron chi connectivity index (χ0n) is 10.6. The van der Waals surface area contributed by atoms with Gasteiger partial charge in [-0.25, -0.2) is 16.8 Å². The lowest BCUT2D eigenvalue weighted by Gasteiger charge is -2.20. The van der Waals surface area contributed by atoms with Gasteiger partial charge < -0.3 is 0 Å². The van der Waals surface area contributed by atoms with Gasteiger partial charge in [-0.3, -0.25) is 0 Å². The van der Waals surface area contributed by atoms with E-state index in [9.17, 15) is 16.8 Å². The maximum absolute atomic E-state index is 12.5. The monoisotopic (exact) mass is 335 g/mol. The van der Waals surface area contributed by atoms with Crippen molar-refractivity contribution in [3.63, 3.8) is 0 Å². The number of sulfonamides is 1. The summed E-state index contributed by atoms with van der Waals surface area (Å²) in [6, 6.07) is 4.89. The molecule has 1 aliphatic rings. The molecule has 1 aromatic rings. The Morgan fingerprint density at radius 1 is 1.15 bits per heavy atom. The second kappa shape index (κ2) is 5.48. The third-order valence-corrected chi connectivity index (χ3v) is 6.28. The standard InChI is InChI=1S/C12H14ClNO4S2/c1-2-9-14(10-3-4-10)20(17,18)12-7-5-11(6-8-12)19(13,15)16/h2,5-8,10H,1,3-4,9H2. The van der Waals surface area contributed by atoms with E-state index in [4.69, 9.17) is 10.7 Å². The second-order valence-corrected chi connectivity index (χ2v) is 8.96. The highest BCUT2D eigenvalue weighted by atomic mass is 35.7. The van der Waals surface area contributed by atoms with Crippen molar-refractivity contribution >= 4 is 29.8 Å². The molecule has 0 aliphatic heterocycles. The summed E-state index contributed by atoms with van der Waals surface area (Å²) >= 11 is 0. The molecule has 0 atom stereocenters. The molecule has 0 saturated heterocycles. The van der Waals surface area contributed by atoms with Crippen LogP contribution in [0.4, 0.5) is 0 Å². The van der Waals surface area contributed by atoms with Crippen molar-refractivity contribution in [2.75, 3.05) is 6.54 Å². The van der Waals surface area contributed by atoms with Crippen LogP contribution in [0.1, 0.15) is 12.8 Å². The molecule has 8 heteroatoms. The van der Waals surface area contributed by atoms with Crippen molar-refractivity contribution < 1.29 is 16.8 Å². The van der Waals surface area contributed by atoms with Crippen molar-refractivity contribution in [3.8, 4) is 0 Å². The Morgan fingerprint density at radius 2 is 1.65 bits per heavy atom. The largest absolute Gasteiger partial charge is 0.261 e. The van der Waals surface area contributed by atoms with Gasteiger partial charge in [-0.05, 0) is 37.1 Å². The Morgan fingerprint density at radius 3 is 2.05 bits per heavy atom. The molecule has 2 rings (SSSR count). The van der Waals surface area contributed by atoms with Crippen LogP contribution in [-0.2, 0) is 19.1 Å². The fraction of sp³-hybridized carbons (Fsp3) is 0.333. The van der Waals surface area contributed by atoms with Crippen LogP contribution in [0.3, 0.4) is 0 Å². The summed E-state index contributed by atoms with van der Waals surface area (Å²) in [5, 5.41) is 0. The topological polar surface area (TPSA) is 71.5 Å². The van der Waals surface area contributed by atoms with Gasteiger partial charge in [0.2, 0.25) is 10.0 Å². The molecule has 0 bridgehead atoms. The predicted molar refractivity (Wildman–Crippen MR) is 76.6 cm³/mol. The van der Waals surface area contributed by atoms with Gasteiger partial charge in [0.05, 0.1) is 9.79 Å². The van der Waals surface area contributed by atoms with E-state index in [1.165, 1.54) is 34.6 Å². The van der Waals surface area contributed by atoms with Crippen molar-refractivity contribution in [1.29, 1.82) is 0 Å². The Hall–Kier alpha value is -0.890. The van der Waals surface area contributed by atoms with Crippen molar-refractivity contribution in [2.24, 2.45) is 0 Å². The molecule has 5 nitrogen and oxygen atoms in total. The zero-order valence-corrected chi connectivity index (χ0v) is 13.0. The van der Waals surface area contributed by atoms with Gasteiger partial charge in [0.15, 0.2) is 0 Å². The molecule has 1 aromatic carbocycles. The highest BCUT2D eigenvalue weighted by molar-refractivity contribution is 8.13. The molecular weight excluding hydrogens is 322 g/mol. The van der Waals surface area contributed by atoms with E-state index in [0.29, 0.717) is 0 Å². The minimum absolute atomic E-state index is 0.00874. The second-order valence-electron chi connectivity index (χ2n) is 4.50. The van der Waals surface area contributed by atoms with E-state index in [0.717, 1.165) is 12.8 Å². The normalized spacial score (nSPS) is 16.3. The molecule has 0 unspecified atom stereocenters. The van der Waals surface area contributed by atoms with Gasteiger partial charge in [-0.1, -0.05) is 6.08 Å². The molecule has 1 fully saturated rings. The molecule has 0 heterocycles. The number of rotatable bonds is 6. The zero-order chi connectivity index (χ0) is 15.0. The molecule has 110 valence electrons. The van der Waals surface area contributed by atoms with Crippen LogP contribution in [0.25, 0.3) is 0 Å². The maximum Gasteiger partial charge on any atom is 0.261 e. The summed E-state index contributed by atoms with van der Waals surface area (Å²) in [5.41, 5.74) is 0. The van der Waals surface area contributed by atoms with E-state index >= 15 is 0 Å². The Kier molecular flexibility index (Phi) is 4.24. The Bertz CT molecular complexity index is 706. The van der Waals surface area contributed by atoms with Gasteiger partial charge in [-0.15, -0.1) is 6.58 Å².